The van der Waals surface area contributed by atoms with Gasteiger partial charge in [0.1, 0.15) is 22.8 Å². The third kappa shape index (κ3) is 4.54. The highest BCUT2D eigenvalue weighted by atomic mass is 79.9. The number of ether oxygens (including phenoxy) is 2. The van der Waals surface area contributed by atoms with Crippen molar-refractivity contribution in [2.45, 2.75) is 26.3 Å². The first kappa shape index (κ1) is 25.9. The molecule has 0 radical (unpaired) electrons. The molecule has 0 aliphatic carbocycles. The smallest absolute Gasteiger partial charge is 0.350 e. The quantitative estimate of drug-likeness (QED) is 0.177. The predicted octanol–water partition coefficient (Wildman–Crippen LogP) is 6.20. The molecule has 1 unspecified atom stereocenters. The number of aromatic nitrogens is 1. The molecule has 1 amide bonds. The van der Waals surface area contributed by atoms with E-state index in [1.54, 1.807) is 31.2 Å². The Kier molecular flexibility index (Phi) is 7.18. The molecule has 0 saturated heterocycles. The summed E-state index contributed by atoms with van der Waals surface area (Å²) in [7, 11) is 0. The number of hydrogen-bond donors (Lipinski definition) is 0. The van der Waals surface area contributed by atoms with Crippen LogP contribution in [-0.2, 0) is 4.74 Å². The number of nitrogens with zero attached hydrogens (tertiary/aromatic N) is 2. The fourth-order valence-corrected chi connectivity index (χ4v) is 5.68. The third-order valence-electron chi connectivity index (χ3n) is 5.99. The van der Waals surface area contributed by atoms with Crippen molar-refractivity contribution in [3.8, 4) is 5.75 Å². The number of hydrogen-bond acceptors (Lipinski definition) is 8. The van der Waals surface area contributed by atoms with Gasteiger partial charge in [-0.15, -0.1) is 0 Å². The van der Waals surface area contributed by atoms with Gasteiger partial charge in [0.2, 0.25) is 5.76 Å². The Hall–Kier alpha value is -3.76. The molecule has 5 rings (SSSR count). The highest BCUT2D eigenvalue weighted by Crippen LogP contribution is 2.44. The zero-order valence-corrected chi connectivity index (χ0v) is 23.1. The molecule has 0 bridgehead atoms. The van der Waals surface area contributed by atoms with Crippen molar-refractivity contribution in [2.75, 3.05) is 18.1 Å². The first-order chi connectivity index (χ1) is 18.3. The second-order valence-electron chi connectivity index (χ2n) is 8.61. The summed E-state index contributed by atoms with van der Waals surface area (Å²) in [5, 5.41) is 0.596. The van der Waals surface area contributed by atoms with Crippen LogP contribution in [0.25, 0.3) is 11.0 Å². The van der Waals surface area contributed by atoms with Crippen LogP contribution in [0.4, 0.5) is 5.13 Å². The topological polar surface area (TPSA) is 98.9 Å². The average Bonchev–Trinajstić information content (AvgIpc) is 3.44. The Balaban J connectivity index is 1.70. The zero-order chi connectivity index (χ0) is 27.0. The van der Waals surface area contributed by atoms with Crippen LogP contribution in [-0.4, -0.2) is 30.1 Å². The second kappa shape index (κ2) is 10.5. The van der Waals surface area contributed by atoms with E-state index >= 15 is 0 Å². The van der Waals surface area contributed by atoms with E-state index in [1.807, 2.05) is 25.1 Å². The largest absolute Gasteiger partial charge is 0.494 e. The molecule has 2 aromatic heterocycles. The number of fused-ring (bicyclic) bond motifs is 2. The minimum atomic E-state index is -0.843. The number of rotatable bonds is 8. The summed E-state index contributed by atoms with van der Waals surface area (Å²) in [5.74, 6) is -0.529. The fraction of sp³-hybridized carbons (Fsp3) is 0.214. The van der Waals surface area contributed by atoms with Gasteiger partial charge in [-0.25, -0.2) is 9.78 Å². The summed E-state index contributed by atoms with van der Waals surface area (Å²) >= 11 is 4.43. The highest BCUT2D eigenvalue weighted by molar-refractivity contribution is 9.10. The van der Waals surface area contributed by atoms with E-state index in [0.717, 1.165) is 17.8 Å². The Morgan fingerprint density at radius 1 is 1.26 bits per heavy atom. The maximum absolute atomic E-state index is 13.9. The van der Waals surface area contributed by atoms with Crippen molar-refractivity contribution in [2.24, 2.45) is 0 Å². The average molecular weight is 595 g/mol. The number of carbonyl (C=O) groups is 2. The van der Waals surface area contributed by atoms with Crippen molar-refractivity contribution in [1.82, 2.24) is 4.98 Å². The zero-order valence-electron chi connectivity index (χ0n) is 20.7. The van der Waals surface area contributed by atoms with E-state index in [4.69, 9.17) is 13.9 Å². The minimum absolute atomic E-state index is 0.0489. The van der Waals surface area contributed by atoms with Gasteiger partial charge in [-0.2, -0.15) is 0 Å². The molecule has 0 fully saturated rings. The van der Waals surface area contributed by atoms with E-state index in [-0.39, 0.29) is 33.4 Å². The lowest BCUT2D eigenvalue weighted by Crippen LogP contribution is -2.29. The molecular weight excluding hydrogens is 572 g/mol. The van der Waals surface area contributed by atoms with Gasteiger partial charge in [-0.3, -0.25) is 14.5 Å². The van der Waals surface area contributed by atoms with E-state index in [0.29, 0.717) is 39.1 Å². The van der Waals surface area contributed by atoms with Gasteiger partial charge < -0.3 is 13.9 Å². The number of aryl methyl sites for hydroxylation is 1. The molecule has 2 aromatic carbocycles. The van der Waals surface area contributed by atoms with Gasteiger partial charge in [0.25, 0.3) is 5.91 Å². The van der Waals surface area contributed by atoms with Crippen LogP contribution >= 0.6 is 27.3 Å². The van der Waals surface area contributed by atoms with Crippen molar-refractivity contribution in [3.05, 3.63) is 97.3 Å². The van der Waals surface area contributed by atoms with Crippen LogP contribution in [0.15, 0.2) is 68.8 Å². The van der Waals surface area contributed by atoms with E-state index in [2.05, 4.69) is 27.5 Å². The molecule has 1 aliphatic rings. The number of benzene rings is 2. The lowest BCUT2D eigenvalue weighted by atomic mass is 9.98. The first-order valence-corrected chi connectivity index (χ1v) is 13.5. The Bertz CT molecular complexity index is 1640. The number of halogens is 1. The van der Waals surface area contributed by atoms with Gasteiger partial charge in [0, 0.05) is 4.47 Å². The van der Waals surface area contributed by atoms with Crippen LogP contribution in [0, 0.1) is 6.92 Å². The molecule has 194 valence electrons. The summed E-state index contributed by atoms with van der Waals surface area (Å²) in [4.78, 5) is 46.5. The van der Waals surface area contributed by atoms with Crippen LogP contribution in [0.2, 0.25) is 0 Å². The van der Waals surface area contributed by atoms with Crippen LogP contribution < -0.4 is 15.1 Å². The van der Waals surface area contributed by atoms with E-state index < -0.39 is 17.9 Å². The molecule has 8 nitrogen and oxygen atoms in total. The molecule has 3 heterocycles. The van der Waals surface area contributed by atoms with Gasteiger partial charge in [0.15, 0.2) is 10.6 Å². The molecular formula is C28H23BrN2O6S. The third-order valence-corrected chi connectivity index (χ3v) is 7.62. The molecule has 1 aliphatic heterocycles. The number of thiazole rings is 1. The van der Waals surface area contributed by atoms with Crippen LogP contribution in [0.3, 0.4) is 0 Å². The lowest BCUT2D eigenvalue weighted by molar-refractivity contribution is 0.0554. The molecule has 1 atom stereocenters. The molecule has 0 N–H and O–H groups in total. The lowest BCUT2D eigenvalue weighted by Gasteiger charge is -2.23. The molecule has 0 spiro atoms. The van der Waals surface area contributed by atoms with Gasteiger partial charge in [-0.1, -0.05) is 59.0 Å². The number of amides is 1. The summed E-state index contributed by atoms with van der Waals surface area (Å²) < 4.78 is 17.7. The fourth-order valence-electron chi connectivity index (χ4n) is 4.33. The first-order valence-electron chi connectivity index (χ1n) is 11.9. The van der Waals surface area contributed by atoms with Crippen molar-refractivity contribution in [3.63, 3.8) is 0 Å². The molecule has 0 saturated carbocycles. The number of esters is 1. The summed E-state index contributed by atoms with van der Waals surface area (Å²) in [6.07, 6.45) is 2.30. The number of carbonyl (C=O) groups excluding carboxylic acids is 2. The molecule has 4 aromatic rings. The Morgan fingerprint density at radius 2 is 2.08 bits per heavy atom. The van der Waals surface area contributed by atoms with Crippen molar-refractivity contribution in [1.29, 1.82) is 0 Å². The standard InChI is InChI=1S/C28H23BrN2O6S/c1-4-11-35-18-8-6-7-16(13-18)22-21-23(32)19-14-17(29)9-10-20(19)37-24(21)26(33)31(22)28-30-15(3)25(38-28)27(34)36-12-5-2/h5-10,13-14,22H,2,4,11-12H2,1,3H3. The minimum Gasteiger partial charge on any atom is -0.494 e. The van der Waals surface area contributed by atoms with Crippen molar-refractivity contribution < 1.29 is 23.5 Å². The second-order valence-corrected chi connectivity index (χ2v) is 10.5. The van der Waals surface area contributed by atoms with Gasteiger partial charge in [0.05, 0.1) is 29.3 Å². The Labute approximate surface area is 230 Å². The molecule has 38 heavy (non-hydrogen) atoms. The van der Waals surface area contributed by atoms with Crippen molar-refractivity contribution >= 4 is 55.2 Å². The number of anilines is 1. The highest BCUT2D eigenvalue weighted by Gasteiger charge is 2.45. The summed E-state index contributed by atoms with van der Waals surface area (Å²) in [5.41, 5.74) is 1.25. The van der Waals surface area contributed by atoms with E-state index in [9.17, 15) is 14.4 Å². The van der Waals surface area contributed by atoms with E-state index in [1.165, 1.54) is 11.0 Å². The Morgan fingerprint density at radius 3 is 2.84 bits per heavy atom. The normalized spacial score (nSPS) is 14.6. The van der Waals surface area contributed by atoms with Crippen LogP contribution in [0.1, 0.15) is 56.4 Å². The van der Waals surface area contributed by atoms with Crippen LogP contribution in [0.5, 0.6) is 5.75 Å². The maximum atomic E-state index is 13.9. The molecule has 10 heteroatoms. The summed E-state index contributed by atoms with van der Waals surface area (Å²) in [6, 6.07) is 11.5. The van der Waals surface area contributed by atoms with Gasteiger partial charge in [-0.05, 0) is 49.2 Å². The summed E-state index contributed by atoms with van der Waals surface area (Å²) in [6.45, 7) is 7.81. The predicted molar refractivity (Wildman–Crippen MR) is 148 cm³/mol. The van der Waals surface area contributed by atoms with Gasteiger partial charge >= 0.3 is 5.97 Å². The maximum Gasteiger partial charge on any atom is 0.350 e. The SMILES string of the molecule is C=CCOC(=O)c1sc(N2C(=O)c3oc4ccc(Br)cc4c(=O)c3C2c2cccc(OCCC)c2)nc1C. The monoisotopic (exact) mass is 594 g/mol.